The highest BCUT2D eigenvalue weighted by atomic mass is 35.5. The Hall–Kier alpha value is -2.57. The highest BCUT2D eigenvalue weighted by molar-refractivity contribution is 6.46. The van der Waals surface area contributed by atoms with Crippen LogP contribution in [0.1, 0.15) is 36.6 Å². The first kappa shape index (κ1) is 21.7. The third kappa shape index (κ3) is 4.02. The molecule has 0 bridgehead atoms. The van der Waals surface area contributed by atoms with Crippen molar-refractivity contribution in [3.8, 4) is 0 Å². The van der Waals surface area contributed by atoms with Gasteiger partial charge in [-0.15, -0.1) is 0 Å². The number of fused-ring (bicyclic) bond motifs is 1. The van der Waals surface area contributed by atoms with Gasteiger partial charge in [-0.2, -0.15) is 0 Å². The molecule has 0 radical (unpaired) electrons. The summed E-state index contributed by atoms with van der Waals surface area (Å²) >= 11 is 24.1. The lowest BCUT2D eigenvalue weighted by Gasteiger charge is -2.15. The number of halogens is 4. The number of nitrogens with zero attached hydrogens (tertiary/aromatic N) is 1. The van der Waals surface area contributed by atoms with E-state index >= 15 is 0 Å². The number of benzene rings is 3. The van der Waals surface area contributed by atoms with Gasteiger partial charge in [0, 0.05) is 15.6 Å². The van der Waals surface area contributed by atoms with Gasteiger partial charge >= 0.3 is 5.97 Å². The van der Waals surface area contributed by atoms with Gasteiger partial charge < -0.3 is 4.74 Å². The second-order valence-electron chi connectivity index (χ2n) is 6.59. The quantitative estimate of drug-likeness (QED) is 0.308. The van der Waals surface area contributed by atoms with E-state index < -0.39 is 17.8 Å². The van der Waals surface area contributed by atoms with Crippen LogP contribution in [-0.4, -0.2) is 17.8 Å². The molecule has 156 valence electrons. The molecule has 0 aliphatic carbocycles. The Kier molecular flexibility index (Phi) is 5.95. The minimum atomic E-state index is -0.673. The van der Waals surface area contributed by atoms with Gasteiger partial charge in [-0.3, -0.25) is 9.59 Å². The third-order valence-corrected chi connectivity index (χ3v) is 6.06. The zero-order valence-corrected chi connectivity index (χ0v) is 18.5. The average Bonchev–Trinajstić information content (AvgIpc) is 2.99. The second-order valence-corrected chi connectivity index (χ2v) is 8.22. The van der Waals surface area contributed by atoms with Crippen molar-refractivity contribution in [3.05, 3.63) is 96.9 Å². The van der Waals surface area contributed by atoms with Crippen molar-refractivity contribution in [1.29, 1.82) is 0 Å². The molecule has 0 atom stereocenters. The first-order valence-electron chi connectivity index (χ1n) is 8.86. The first-order valence-corrected chi connectivity index (χ1v) is 10.4. The summed E-state index contributed by atoms with van der Waals surface area (Å²) < 4.78 is 5.29. The van der Waals surface area contributed by atoms with Gasteiger partial charge in [0.05, 0.1) is 32.4 Å². The fourth-order valence-corrected chi connectivity index (χ4v) is 3.96. The Bertz CT molecular complexity index is 1260. The third-order valence-electron chi connectivity index (χ3n) is 4.67. The molecule has 0 N–H and O–H groups in total. The normalized spacial score (nSPS) is 12.8. The monoisotopic (exact) mass is 493 g/mol. The minimum absolute atomic E-state index is 0.0695. The number of esters is 1. The van der Waals surface area contributed by atoms with Crippen LogP contribution < -0.4 is 4.90 Å². The van der Waals surface area contributed by atoms with Crippen molar-refractivity contribution >= 4 is 69.9 Å². The maximum absolute atomic E-state index is 12.9. The Labute approximate surface area is 197 Å². The number of hydrogen-bond acceptors (Lipinski definition) is 4. The van der Waals surface area contributed by atoms with E-state index in [1.165, 1.54) is 24.3 Å². The fraction of sp³-hybridized carbons (Fsp3) is 0.0455. The number of imide groups is 1. The predicted molar refractivity (Wildman–Crippen MR) is 120 cm³/mol. The lowest BCUT2D eigenvalue weighted by Crippen LogP contribution is -2.29. The molecule has 31 heavy (non-hydrogen) atoms. The lowest BCUT2D eigenvalue weighted by atomic mass is 10.1. The zero-order valence-electron chi connectivity index (χ0n) is 15.5. The highest BCUT2D eigenvalue weighted by Crippen LogP contribution is 2.37. The van der Waals surface area contributed by atoms with Gasteiger partial charge in [-0.25, -0.2) is 9.69 Å². The summed E-state index contributed by atoms with van der Waals surface area (Å²) in [6.45, 7) is -0.0803. The summed E-state index contributed by atoms with van der Waals surface area (Å²) in [6.07, 6.45) is 0. The summed E-state index contributed by atoms with van der Waals surface area (Å²) in [5, 5.41) is 1.12. The summed E-state index contributed by atoms with van der Waals surface area (Å²) in [4.78, 5) is 39.1. The molecule has 0 saturated carbocycles. The molecule has 3 aromatic carbocycles. The molecule has 0 spiro atoms. The maximum atomic E-state index is 12.9. The number of anilines is 1. The molecular formula is C22H11Cl4NO4. The van der Waals surface area contributed by atoms with Crippen molar-refractivity contribution in [3.63, 3.8) is 0 Å². The van der Waals surface area contributed by atoms with Crippen LogP contribution >= 0.6 is 46.4 Å². The molecule has 5 nitrogen and oxygen atoms in total. The molecule has 2 amide bonds. The number of ether oxygens (including phenoxy) is 1. The van der Waals surface area contributed by atoms with Crippen LogP contribution in [0.4, 0.5) is 5.69 Å². The van der Waals surface area contributed by atoms with Crippen LogP contribution in [0.15, 0.2) is 54.6 Å². The van der Waals surface area contributed by atoms with Crippen LogP contribution in [0, 0.1) is 0 Å². The van der Waals surface area contributed by atoms with E-state index in [2.05, 4.69) is 0 Å². The smallest absolute Gasteiger partial charge is 0.338 e. The van der Waals surface area contributed by atoms with Gasteiger partial charge in [0.25, 0.3) is 11.8 Å². The van der Waals surface area contributed by atoms with Crippen molar-refractivity contribution in [2.24, 2.45) is 0 Å². The molecule has 1 aliphatic heterocycles. The van der Waals surface area contributed by atoms with Gasteiger partial charge in [0.2, 0.25) is 0 Å². The minimum Gasteiger partial charge on any atom is -0.457 e. The SMILES string of the molecule is O=C(OCc1ccc(Cl)cc1Cl)c1ccc2c(c1)C(=O)N(c1cccc(Cl)c1Cl)C2=O. The molecule has 9 heteroatoms. The maximum Gasteiger partial charge on any atom is 0.338 e. The molecule has 3 aromatic rings. The molecule has 4 rings (SSSR count). The standard InChI is InChI=1S/C22H11Cl4NO4/c23-13-6-4-12(17(25)9-13)10-31-22(30)11-5-7-14-15(8-11)21(29)27(20(14)28)18-3-1-2-16(24)19(18)26/h1-9H,10H2. The van der Waals surface area contributed by atoms with E-state index in [9.17, 15) is 14.4 Å². The second kappa shape index (κ2) is 8.52. The summed E-state index contributed by atoms with van der Waals surface area (Å²) in [6, 6.07) is 13.6. The van der Waals surface area contributed by atoms with Crippen LogP contribution in [0.2, 0.25) is 20.1 Å². The first-order chi connectivity index (χ1) is 14.8. The van der Waals surface area contributed by atoms with Crippen LogP contribution in [0.3, 0.4) is 0 Å². The van der Waals surface area contributed by atoms with Crippen molar-refractivity contribution in [1.82, 2.24) is 0 Å². The van der Waals surface area contributed by atoms with E-state index in [0.29, 0.717) is 15.6 Å². The topological polar surface area (TPSA) is 63.7 Å². The molecule has 1 heterocycles. The number of hydrogen-bond donors (Lipinski definition) is 0. The van der Waals surface area contributed by atoms with Crippen LogP contribution in [0.5, 0.6) is 0 Å². The van der Waals surface area contributed by atoms with E-state index in [0.717, 1.165) is 4.90 Å². The summed E-state index contributed by atoms with van der Waals surface area (Å²) in [7, 11) is 0. The Balaban J connectivity index is 1.58. The van der Waals surface area contributed by atoms with Crippen molar-refractivity contribution in [2.75, 3.05) is 4.90 Å². The van der Waals surface area contributed by atoms with E-state index in [-0.39, 0.29) is 39.0 Å². The van der Waals surface area contributed by atoms with Crippen LogP contribution in [0.25, 0.3) is 0 Å². The van der Waals surface area contributed by atoms with Gasteiger partial charge in [-0.1, -0.05) is 58.5 Å². The zero-order chi connectivity index (χ0) is 22.3. The van der Waals surface area contributed by atoms with E-state index in [1.54, 1.807) is 30.3 Å². The van der Waals surface area contributed by atoms with Gasteiger partial charge in [-0.05, 0) is 42.5 Å². The Morgan fingerprint density at radius 1 is 0.839 bits per heavy atom. The fourth-order valence-electron chi connectivity index (χ4n) is 3.12. The predicted octanol–water partition coefficient (Wildman–Crippen LogP) is 6.46. The molecule has 0 unspecified atom stereocenters. The number of amides is 2. The Morgan fingerprint density at radius 3 is 2.32 bits per heavy atom. The Morgan fingerprint density at radius 2 is 1.58 bits per heavy atom. The van der Waals surface area contributed by atoms with Crippen molar-refractivity contribution in [2.45, 2.75) is 6.61 Å². The largest absolute Gasteiger partial charge is 0.457 e. The molecular weight excluding hydrogens is 484 g/mol. The van der Waals surface area contributed by atoms with Crippen LogP contribution in [-0.2, 0) is 11.3 Å². The van der Waals surface area contributed by atoms with E-state index in [1.807, 2.05) is 0 Å². The van der Waals surface area contributed by atoms with E-state index in [4.69, 9.17) is 51.1 Å². The lowest BCUT2D eigenvalue weighted by molar-refractivity contribution is 0.0472. The average molecular weight is 495 g/mol. The number of carbonyl (C=O) groups is 3. The molecule has 0 aromatic heterocycles. The van der Waals surface area contributed by atoms with Gasteiger partial charge in [0.15, 0.2) is 0 Å². The summed E-state index contributed by atoms with van der Waals surface area (Å²) in [5.74, 6) is -1.84. The molecule has 0 fully saturated rings. The number of rotatable bonds is 4. The molecule has 1 aliphatic rings. The highest BCUT2D eigenvalue weighted by Gasteiger charge is 2.38. The summed E-state index contributed by atoms with van der Waals surface area (Å²) in [5.41, 5.74) is 1.08. The number of carbonyl (C=O) groups excluding carboxylic acids is 3. The van der Waals surface area contributed by atoms with Gasteiger partial charge in [0.1, 0.15) is 6.61 Å². The van der Waals surface area contributed by atoms with Crippen molar-refractivity contribution < 1.29 is 19.1 Å². The molecule has 0 saturated heterocycles.